The molecule has 0 amide bonds. The second-order valence-electron chi connectivity index (χ2n) is 4.63. The third-order valence-corrected chi connectivity index (χ3v) is 4.50. The van der Waals surface area contributed by atoms with E-state index in [0.29, 0.717) is 5.82 Å². The monoisotopic (exact) mass is 260 g/mol. The largest absolute Gasteiger partial charge is 0.384 e. The fraction of sp³-hybridized carbons (Fsp3) is 0.385. The van der Waals surface area contributed by atoms with Crippen LogP contribution in [-0.2, 0) is 6.54 Å². The Morgan fingerprint density at radius 2 is 2.44 bits per heavy atom. The molecule has 18 heavy (non-hydrogen) atoms. The highest BCUT2D eigenvalue weighted by Gasteiger charge is 2.17. The van der Waals surface area contributed by atoms with Crippen LogP contribution in [0.25, 0.3) is 11.3 Å². The van der Waals surface area contributed by atoms with Crippen LogP contribution in [0.5, 0.6) is 0 Å². The number of hydrogen-bond donors (Lipinski definition) is 1. The lowest BCUT2D eigenvalue weighted by atomic mass is 10.1. The average Bonchev–Trinajstić information content (AvgIpc) is 3.01. The first-order valence-corrected chi connectivity index (χ1v) is 7.28. The quantitative estimate of drug-likeness (QED) is 0.920. The zero-order valence-corrected chi connectivity index (χ0v) is 10.9. The van der Waals surface area contributed by atoms with Crippen LogP contribution in [0.2, 0.25) is 0 Å². The van der Waals surface area contributed by atoms with Gasteiger partial charge in [0.25, 0.3) is 0 Å². The SMILES string of the molecule is Nc1cc(-c2cncn2CC2CCSC2)ccn1. The summed E-state index contributed by atoms with van der Waals surface area (Å²) in [5.41, 5.74) is 7.95. The molecule has 1 saturated heterocycles. The van der Waals surface area contributed by atoms with Crippen LogP contribution in [0.1, 0.15) is 6.42 Å². The van der Waals surface area contributed by atoms with Crippen molar-refractivity contribution >= 4 is 17.6 Å². The van der Waals surface area contributed by atoms with Gasteiger partial charge in [-0.3, -0.25) is 0 Å². The van der Waals surface area contributed by atoms with Crippen LogP contribution in [0.3, 0.4) is 0 Å². The van der Waals surface area contributed by atoms with E-state index >= 15 is 0 Å². The minimum absolute atomic E-state index is 0.552. The number of nitrogens with zero attached hydrogens (tertiary/aromatic N) is 3. The number of nitrogens with two attached hydrogens (primary N) is 1. The van der Waals surface area contributed by atoms with Crippen LogP contribution in [0.4, 0.5) is 5.82 Å². The lowest BCUT2D eigenvalue weighted by molar-refractivity contribution is 0.495. The Balaban J connectivity index is 1.86. The zero-order valence-electron chi connectivity index (χ0n) is 10.1. The number of imidazole rings is 1. The molecule has 3 heterocycles. The molecule has 5 heteroatoms. The van der Waals surface area contributed by atoms with Crippen molar-refractivity contribution in [1.29, 1.82) is 0 Å². The van der Waals surface area contributed by atoms with Gasteiger partial charge in [-0.05, 0) is 36.0 Å². The fourth-order valence-electron chi connectivity index (χ4n) is 2.32. The number of rotatable bonds is 3. The molecule has 0 bridgehead atoms. The van der Waals surface area contributed by atoms with Crippen molar-refractivity contribution in [2.24, 2.45) is 5.92 Å². The van der Waals surface area contributed by atoms with Gasteiger partial charge in [-0.15, -0.1) is 0 Å². The summed E-state index contributed by atoms with van der Waals surface area (Å²) in [7, 11) is 0. The van der Waals surface area contributed by atoms with Gasteiger partial charge >= 0.3 is 0 Å². The molecule has 1 fully saturated rings. The van der Waals surface area contributed by atoms with Crippen molar-refractivity contribution < 1.29 is 0 Å². The molecule has 0 aromatic carbocycles. The lowest BCUT2D eigenvalue weighted by Crippen LogP contribution is -2.10. The number of nitrogen functional groups attached to an aromatic ring is 1. The molecular weight excluding hydrogens is 244 g/mol. The van der Waals surface area contributed by atoms with E-state index in [-0.39, 0.29) is 0 Å². The molecule has 1 unspecified atom stereocenters. The summed E-state index contributed by atoms with van der Waals surface area (Å²) in [5.74, 6) is 3.87. The molecule has 0 radical (unpaired) electrons. The molecule has 2 N–H and O–H groups in total. The molecule has 1 atom stereocenters. The summed E-state index contributed by atoms with van der Waals surface area (Å²) in [4.78, 5) is 8.29. The maximum atomic E-state index is 5.73. The molecule has 2 aromatic heterocycles. The molecule has 1 aliphatic rings. The average molecular weight is 260 g/mol. The molecule has 2 aromatic rings. The Kier molecular flexibility index (Phi) is 3.23. The number of hydrogen-bond acceptors (Lipinski definition) is 4. The van der Waals surface area contributed by atoms with Gasteiger partial charge in [0.1, 0.15) is 5.82 Å². The van der Waals surface area contributed by atoms with E-state index in [4.69, 9.17) is 5.73 Å². The summed E-state index contributed by atoms with van der Waals surface area (Å²) in [6.45, 7) is 1.05. The summed E-state index contributed by atoms with van der Waals surface area (Å²) >= 11 is 2.04. The van der Waals surface area contributed by atoms with Crippen LogP contribution in [-0.4, -0.2) is 26.0 Å². The smallest absolute Gasteiger partial charge is 0.123 e. The van der Waals surface area contributed by atoms with Crippen LogP contribution in [0, 0.1) is 5.92 Å². The number of anilines is 1. The van der Waals surface area contributed by atoms with Crippen LogP contribution < -0.4 is 5.73 Å². The normalized spacial score (nSPS) is 19.2. The summed E-state index contributed by atoms with van der Waals surface area (Å²) in [6, 6.07) is 3.88. The van der Waals surface area contributed by atoms with Gasteiger partial charge in [0.05, 0.1) is 18.2 Å². The Labute approximate surface area is 111 Å². The van der Waals surface area contributed by atoms with Crippen molar-refractivity contribution in [3.05, 3.63) is 30.9 Å². The molecule has 1 aliphatic heterocycles. The lowest BCUT2D eigenvalue weighted by Gasteiger charge is -2.12. The van der Waals surface area contributed by atoms with E-state index in [1.54, 1.807) is 6.20 Å². The Morgan fingerprint density at radius 1 is 1.50 bits per heavy atom. The first kappa shape index (κ1) is 11.6. The standard InChI is InChI=1S/C13H16N4S/c14-13-5-11(1-3-16-13)12-6-15-9-17(12)7-10-2-4-18-8-10/h1,3,5-6,9-10H,2,4,7-8H2,(H2,14,16). The van der Waals surface area contributed by atoms with Gasteiger partial charge < -0.3 is 10.3 Å². The number of aromatic nitrogens is 3. The maximum absolute atomic E-state index is 5.73. The van der Waals surface area contributed by atoms with Crippen molar-refractivity contribution in [1.82, 2.24) is 14.5 Å². The Hall–Kier alpha value is -1.49. The van der Waals surface area contributed by atoms with E-state index in [2.05, 4.69) is 14.5 Å². The van der Waals surface area contributed by atoms with Crippen LogP contribution in [0.15, 0.2) is 30.9 Å². The van der Waals surface area contributed by atoms with E-state index in [1.807, 2.05) is 36.4 Å². The third kappa shape index (κ3) is 2.36. The summed E-state index contributed by atoms with van der Waals surface area (Å²) in [6.07, 6.45) is 6.86. The summed E-state index contributed by atoms with van der Waals surface area (Å²) in [5, 5.41) is 0. The Bertz CT molecular complexity index is 531. The van der Waals surface area contributed by atoms with Gasteiger partial charge in [0, 0.05) is 18.3 Å². The van der Waals surface area contributed by atoms with E-state index in [9.17, 15) is 0 Å². The molecule has 0 aliphatic carbocycles. The second-order valence-corrected chi connectivity index (χ2v) is 5.78. The van der Waals surface area contributed by atoms with Crippen molar-refractivity contribution in [2.45, 2.75) is 13.0 Å². The fourth-order valence-corrected chi connectivity index (χ4v) is 3.59. The number of thioether (sulfide) groups is 1. The van der Waals surface area contributed by atoms with Gasteiger partial charge in [-0.25, -0.2) is 9.97 Å². The second kappa shape index (κ2) is 5.02. The third-order valence-electron chi connectivity index (χ3n) is 3.27. The maximum Gasteiger partial charge on any atom is 0.123 e. The molecule has 94 valence electrons. The first-order chi connectivity index (χ1) is 8.83. The topological polar surface area (TPSA) is 56.7 Å². The predicted octanol–water partition coefficient (Wildman–Crippen LogP) is 2.28. The molecule has 3 rings (SSSR count). The molecule has 0 spiro atoms. The first-order valence-electron chi connectivity index (χ1n) is 6.13. The highest BCUT2D eigenvalue weighted by Crippen LogP contribution is 2.27. The Morgan fingerprint density at radius 3 is 3.22 bits per heavy atom. The van der Waals surface area contributed by atoms with Crippen molar-refractivity contribution in [3.63, 3.8) is 0 Å². The van der Waals surface area contributed by atoms with Crippen molar-refractivity contribution in [2.75, 3.05) is 17.2 Å². The van der Waals surface area contributed by atoms with Gasteiger partial charge in [-0.1, -0.05) is 0 Å². The highest BCUT2D eigenvalue weighted by atomic mass is 32.2. The van der Waals surface area contributed by atoms with Crippen molar-refractivity contribution in [3.8, 4) is 11.3 Å². The van der Waals surface area contributed by atoms with Gasteiger partial charge in [-0.2, -0.15) is 11.8 Å². The zero-order chi connectivity index (χ0) is 12.4. The number of pyridine rings is 1. The van der Waals surface area contributed by atoms with Gasteiger partial charge in [0.2, 0.25) is 0 Å². The van der Waals surface area contributed by atoms with E-state index in [0.717, 1.165) is 23.7 Å². The van der Waals surface area contributed by atoms with E-state index in [1.165, 1.54) is 17.9 Å². The minimum Gasteiger partial charge on any atom is -0.384 e. The molecule has 0 saturated carbocycles. The summed E-state index contributed by atoms with van der Waals surface area (Å²) < 4.78 is 2.23. The minimum atomic E-state index is 0.552. The van der Waals surface area contributed by atoms with E-state index < -0.39 is 0 Å². The van der Waals surface area contributed by atoms with Gasteiger partial charge in [0.15, 0.2) is 0 Å². The highest BCUT2D eigenvalue weighted by molar-refractivity contribution is 7.99. The predicted molar refractivity (Wildman–Crippen MR) is 75.3 cm³/mol. The molecule has 4 nitrogen and oxygen atoms in total. The van der Waals surface area contributed by atoms with Crippen LogP contribution >= 0.6 is 11.8 Å². The molecular formula is C13H16N4S.